The molecule has 0 fully saturated rings. The van der Waals surface area contributed by atoms with E-state index in [-0.39, 0.29) is 0 Å². The Labute approximate surface area is 373 Å². The van der Waals surface area contributed by atoms with Crippen molar-refractivity contribution in [3.05, 3.63) is 99.6 Å². The van der Waals surface area contributed by atoms with E-state index in [9.17, 15) is 5.53 Å². The van der Waals surface area contributed by atoms with Gasteiger partial charge in [0.15, 0.2) is 0 Å². The summed E-state index contributed by atoms with van der Waals surface area (Å²) in [5.74, 6) is 0. The fourth-order valence-corrected chi connectivity index (χ4v) is 9.32. The molecular weight excluding hydrogens is 725 g/mol. The first-order valence-electron chi connectivity index (χ1n) is 26.5. The van der Waals surface area contributed by atoms with Gasteiger partial charge in [-0.3, -0.25) is 0 Å². The van der Waals surface area contributed by atoms with Gasteiger partial charge in [0.05, 0.1) is 5.57 Å². The summed E-state index contributed by atoms with van der Waals surface area (Å²) in [6, 6.07) is 18.1. The first kappa shape index (κ1) is 51.6. The minimum atomic E-state index is 0.963. The second-order valence-electron chi connectivity index (χ2n) is 18.6. The van der Waals surface area contributed by atoms with Crippen LogP contribution in [0.5, 0.6) is 0 Å². The van der Waals surface area contributed by atoms with Crippen molar-refractivity contribution in [2.24, 2.45) is 0 Å². The Bertz CT molecular complexity index is 1490. The Hall–Kier alpha value is -2.74. The third kappa shape index (κ3) is 21.4. The van der Waals surface area contributed by atoms with Gasteiger partial charge in [0.1, 0.15) is 0 Å². The van der Waals surface area contributed by atoms with E-state index in [1.807, 2.05) is 0 Å². The minimum absolute atomic E-state index is 0.963. The van der Waals surface area contributed by atoms with Crippen LogP contribution in [0.25, 0.3) is 16.9 Å². The lowest BCUT2D eigenvalue weighted by molar-refractivity contribution is -0.345. The highest BCUT2D eigenvalue weighted by atomic mass is 15.2. The number of allylic oxidation sites excluding steroid dienone is 4. The fraction of sp³-hybridized carbons (Fsp3) is 0.690. The molecular formula is C58H94N2. The Morgan fingerprint density at radius 3 is 1.18 bits per heavy atom. The van der Waals surface area contributed by atoms with Gasteiger partial charge in [-0.15, -0.1) is 0 Å². The number of nitrogens with zero attached hydrogens (tertiary/aromatic N) is 2. The molecule has 2 aromatic carbocycles. The maximum absolute atomic E-state index is 12.2. The largest absolute Gasteiger partial charge is 0.493 e. The molecule has 3 rings (SSSR count). The monoisotopic (exact) mass is 819 g/mol. The summed E-state index contributed by atoms with van der Waals surface area (Å²) in [6.45, 7) is 9.15. The van der Waals surface area contributed by atoms with Gasteiger partial charge in [0, 0.05) is 16.7 Å². The van der Waals surface area contributed by atoms with Gasteiger partial charge in [-0.05, 0) is 86.8 Å². The highest BCUT2D eigenvalue weighted by Crippen LogP contribution is 2.43. The van der Waals surface area contributed by atoms with E-state index in [0.29, 0.717) is 0 Å². The van der Waals surface area contributed by atoms with Crippen LogP contribution in [0.1, 0.15) is 268 Å². The van der Waals surface area contributed by atoms with Gasteiger partial charge < -0.3 is 5.53 Å². The number of aryl methyl sites for hydroxylation is 2. The van der Waals surface area contributed by atoms with E-state index in [1.165, 1.54) is 215 Å². The van der Waals surface area contributed by atoms with E-state index in [4.69, 9.17) is 0 Å². The lowest BCUT2D eigenvalue weighted by Crippen LogP contribution is -2.03. The second kappa shape index (κ2) is 34.8. The zero-order valence-electron chi connectivity index (χ0n) is 40.1. The third-order valence-electron chi connectivity index (χ3n) is 13.1. The van der Waals surface area contributed by atoms with Gasteiger partial charge in [-0.2, -0.15) is 0 Å². The van der Waals surface area contributed by atoms with Crippen molar-refractivity contribution < 1.29 is 4.70 Å². The Kier molecular flexibility index (Phi) is 29.9. The van der Waals surface area contributed by atoms with Gasteiger partial charge in [-0.25, -0.2) is 4.70 Å². The van der Waals surface area contributed by atoms with Crippen LogP contribution in [0.3, 0.4) is 0 Å². The smallest absolute Gasteiger partial charge is 0.215 e. The molecule has 0 radical (unpaired) electrons. The van der Waals surface area contributed by atoms with E-state index < -0.39 is 0 Å². The van der Waals surface area contributed by atoms with Crippen molar-refractivity contribution in [1.82, 2.24) is 0 Å². The standard InChI is InChI=1S/C58H94N2/c1-5-9-13-16-17-18-19-20-21-22-23-24-25-26-27-28-29-30-31-32-33-34-35-38-48-56-55(47-12-8-4)57(53-45-39-43-51(49-53)41-36-14-10-6-2)60(59)58(56)54-46-40-44-52(50-54)42-37-15-11-7-3/h38-40,43-46,48-50H,5-37,41-42,47H2,1-4H3. The molecule has 0 atom stereocenters. The number of hydrogen-bond acceptors (Lipinski definition) is 0. The topological polar surface area (TPSA) is 25.3 Å². The van der Waals surface area contributed by atoms with Crippen LogP contribution in [0.2, 0.25) is 0 Å². The molecule has 2 heteroatoms. The van der Waals surface area contributed by atoms with Crippen LogP contribution in [-0.2, 0) is 12.8 Å². The van der Waals surface area contributed by atoms with Crippen molar-refractivity contribution in [3.8, 4) is 0 Å². The second-order valence-corrected chi connectivity index (χ2v) is 18.6. The van der Waals surface area contributed by atoms with Gasteiger partial charge >= 0.3 is 0 Å². The van der Waals surface area contributed by atoms with Gasteiger partial charge in [0.25, 0.3) is 0 Å². The van der Waals surface area contributed by atoms with E-state index >= 15 is 0 Å². The number of hydrogen-bond donors (Lipinski definition) is 0. The van der Waals surface area contributed by atoms with Crippen molar-refractivity contribution >= 4 is 11.4 Å². The molecule has 0 unspecified atom stereocenters. The number of rotatable bonds is 39. The Balaban J connectivity index is 1.48. The summed E-state index contributed by atoms with van der Waals surface area (Å²) in [7, 11) is 0. The molecule has 0 bridgehead atoms. The molecule has 336 valence electrons. The van der Waals surface area contributed by atoms with Crippen LogP contribution >= 0.6 is 0 Å². The van der Waals surface area contributed by atoms with Crippen molar-refractivity contribution in [2.75, 3.05) is 0 Å². The summed E-state index contributed by atoms with van der Waals surface area (Å²) < 4.78 is 1.57. The lowest BCUT2D eigenvalue weighted by Gasteiger charge is -2.11. The average Bonchev–Trinajstić information content (AvgIpc) is 3.54. The normalized spacial score (nSPS) is 13.2. The molecule has 0 amide bonds. The molecule has 0 aromatic heterocycles. The third-order valence-corrected chi connectivity index (χ3v) is 13.1. The zero-order valence-corrected chi connectivity index (χ0v) is 40.1. The Morgan fingerprint density at radius 1 is 0.400 bits per heavy atom. The maximum atomic E-state index is 12.2. The molecule has 1 heterocycles. The summed E-state index contributed by atoms with van der Waals surface area (Å²) >= 11 is 0. The summed E-state index contributed by atoms with van der Waals surface area (Å²) in [5.41, 5.74) is 21.8. The molecule has 1 aliphatic heterocycles. The summed E-state index contributed by atoms with van der Waals surface area (Å²) in [6.07, 6.45) is 52.8. The SMILES string of the molecule is CCCCCCCCCCCCCCCCCCCCCCCCC=CC1=C(c2cccc(CCCCCC)c2)[N+](=[N-])C(c2cccc(CCCCCC)c2)=C1CCCC. The maximum Gasteiger partial charge on any atom is 0.215 e. The molecule has 0 spiro atoms. The van der Waals surface area contributed by atoms with Crippen molar-refractivity contribution in [2.45, 2.75) is 259 Å². The van der Waals surface area contributed by atoms with E-state index in [0.717, 1.165) is 61.0 Å². The molecule has 0 saturated carbocycles. The predicted octanol–water partition coefficient (Wildman–Crippen LogP) is 19.8. The minimum Gasteiger partial charge on any atom is -0.493 e. The highest BCUT2D eigenvalue weighted by Gasteiger charge is 2.34. The fourth-order valence-electron chi connectivity index (χ4n) is 9.32. The molecule has 2 aromatic rings. The van der Waals surface area contributed by atoms with Crippen LogP contribution in [0, 0.1) is 0 Å². The molecule has 0 saturated heterocycles. The van der Waals surface area contributed by atoms with Crippen molar-refractivity contribution in [3.63, 3.8) is 0 Å². The molecule has 60 heavy (non-hydrogen) atoms. The predicted molar refractivity (Wildman–Crippen MR) is 267 cm³/mol. The van der Waals surface area contributed by atoms with Crippen LogP contribution < -0.4 is 0 Å². The number of benzene rings is 2. The van der Waals surface area contributed by atoms with Crippen LogP contribution in [0.4, 0.5) is 0 Å². The summed E-state index contributed by atoms with van der Waals surface area (Å²) in [5, 5.41) is 0. The molecule has 0 N–H and O–H groups in total. The zero-order chi connectivity index (χ0) is 42.7. The first-order chi connectivity index (χ1) is 29.6. The van der Waals surface area contributed by atoms with Crippen LogP contribution in [-0.4, -0.2) is 4.70 Å². The number of unbranched alkanes of at least 4 members (excludes halogenated alkanes) is 29. The average molecular weight is 819 g/mol. The first-order valence-corrected chi connectivity index (χ1v) is 26.5. The Morgan fingerprint density at radius 2 is 0.767 bits per heavy atom. The van der Waals surface area contributed by atoms with Crippen molar-refractivity contribution in [1.29, 1.82) is 0 Å². The molecule has 2 nitrogen and oxygen atoms in total. The summed E-state index contributed by atoms with van der Waals surface area (Å²) in [4.78, 5) is 0. The molecule has 1 aliphatic rings. The lowest BCUT2D eigenvalue weighted by atomic mass is 9.93. The van der Waals surface area contributed by atoms with E-state index in [2.05, 4.69) is 88.4 Å². The van der Waals surface area contributed by atoms with E-state index in [1.54, 1.807) is 4.70 Å². The quantitative estimate of drug-likeness (QED) is 0.0474. The van der Waals surface area contributed by atoms with Gasteiger partial charge in [-0.1, -0.05) is 244 Å². The van der Waals surface area contributed by atoms with Gasteiger partial charge in [0.2, 0.25) is 11.4 Å². The molecule has 0 aliphatic carbocycles. The highest BCUT2D eigenvalue weighted by molar-refractivity contribution is 5.84. The van der Waals surface area contributed by atoms with Crippen LogP contribution in [0.15, 0.2) is 71.8 Å².